The molecule has 1 aromatic heterocycles. The molecular weight excluding hydrogens is 403 g/mol. The Labute approximate surface area is 179 Å². The molecule has 1 saturated heterocycles. The first kappa shape index (κ1) is 21.7. The van der Waals surface area contributed by atoms with Crippen LogP contribution in [-0.4, -0.2) is 51.4 Å². The van der Waals surface area contributed by atoms with Gasteiger partial charge in [0.15, 0.2) is 0 Å². The molecule has 164 valence electrons. The molecule has 6 nitrogen and oxygen atoms in total. The van der Waals surface area contributed by atoms with E-state index in [1.165, 1.54) is 12.1 Å². The van der Waals surface area contributed by atoms with E-state index in [1.54, 1.807) is 18.2 Å². The van der Waals surface area contributed by atoms with Gasteiger partial charge in [-0.2, -0.15) is 0 Å². The van der Waals surface area contributed by atoms with Crippen molar-refractivity contribution in [3.63, 3.8) is 0 Å². The zero-order valence-corrected chi connectivity index (χ0v) is 17.0. The first-order chi connectivity index (χ1) is 14.9. The fourth-order valence-electron chi connectivity index (χ4n) is 3.87. The SMILES string of the molecule is Cc1ccc([C@@H]2O[C@H](CO)[C@@H](O)[C@H](O)[C@H]2O)cc1Cc1ccc(-c2ccc(F)cc2)o1. The van der Waals surface area contributed by atoms with E-state index in [-0.39, 0.29) is 5.82 Å². The van der Waals surface area contributed by atoms with Gasteiger partial charge >= 0.3 is 0 Å². The van der Waals surface area contributed by atoms with Gasteiger partial charge in [0.25, 0.3) is 0 Å². The van der Waals surface area contributed by atoms with Crippen molar-refractivity contribution >= 4 is 0 Å². The Morgan fingerprint density at radius 3 is 2.35 bits per heavy atom. The van der Waals surface area contributed by atoms with Crippen molar-refractivity contribution in [2.45, 2.75) is 43.9 Å². The van der Waals surface area contributed by atoms with Crippen molar-refractivity contribution in [2.75, 3.05) is 6.61 Å². The zero-order valence-electron chi connectivity index (χ0n) is 17.0. The monoisotopic (exact) mass is 428 g/mol. The Morgan fingerprint density at radius 2 is 1.65 bits per heavy atom. The van der Waals surface area contributed by atoms with Gasteiger partial charge in [0.1, 0.15) is 47.9 Å². The van der Waals surface area contributed by atoms with Crippen LogP contribution < -0.4 is 0 Å². The summed E-state index contributed by atoms with van der Waals surface area (Å²) >= 11 is 0. The number of aliphatic hydroxyl groups excluding tert-OH is 4. The van der Waals surface area contributed by atoms with E-state index < -0.39 is 37.1 Å². The van der Waals surface area contributed by atoms with Gasteiger partial charge in [-0.1, -0.05) is 18.2 Å². The van der Waals surface area contributed by atoms with Gasteiger partial charge < -0.3 is 29.6 Å². The van der Waals surface area contributed by atoms with Gasteiger partial charge in [0.2, 0.25) is 0 Å². The lowest BCUT2D eigenvalue weighted by atomic mass is 9.89. The smallest absolute Gasteiger partial charge is 0.134 e. The molecule has 4 rings (SSSR count). The summed E-state index contributed by atoms with van der Waals surface area (Å²) in [7, 11) is 0. The molecule has 0 amide bonds. The van der Waals surface area contributed by atoms with Gasteiger partial charge in [0, 0.05) is 12.0 Å². The molecule has 0 radical (unpaired) electrons. The number of hydrogen-bond donors (Lipinski definition) is 4. The lowest BCUT2D eigenvalue weighted by Crippen LogP contribution is -2.55. The fraction of sp³-hybridized carbons (Fsp3) is 0.333. The van der Waals surface area contributed by atoms with E-state index in [2.05, 4.69) is 0 Å². The predicted molar refractivity (Wildman–Crippen MR) is 111 cm³/mol. The summed E-state index contributed by atoms with van der Waals surface area (Å²) in [6.07, 6.45) is -5.52. The van der Waals surface area contributed by atoms with Crippen molar-refractivity contribution in [1.82, 2.24) is 0 Å². The van der Waals surface area contributed by atoms with Gasteiger partial charge in [-0.3, -0.25) is 0 Å². The first-order valence-corrected chi connectivity index (χ1v) is 10.1. The van der Waals surface area contributed by atoms with Crippen LogP contribution in [-0.2, 0) is 11.2 Å². The second-order valence-electron chi connectivity index (χ2n) is 7.89. The molecule has 0 unspecified atom stereocenters. The molecule has 0 bridgehead atoms. The second-order valence-corrected chi connectivity index (χ2v) is 7.89. The number of ether oxygens (including phenoxy) is 1. The Bertz CT molecular complexity index is 1030. The van der Waals surface area contributed by atoms with Crippen molar-refractivity contribution in [3.8, 4) is 11.3 Å². The van der Waals surface area contributed by atoms with E-state index in [1.807, 2.05) is 31.2 Å². The highest BCUT2D eigenvalue weighted by atomic mass is 19.1. The van der Waals surface area contributed by atoms with Gasteiger partial charge in [0.05, 0.1) is 6.61 Å². The molecular formula is C24H25FO6. The average molecular weight is 428 g/mol. The maximum Gasteiger partial charge on any atom is 0.134 e. The minimum atomic E-state index is -1.43. The van der Waals surface area contributed by atoms with Crippen molar-refractivity contribution in [3.05, 3.63) is 82.9 Å². The molecule has 1 fully saturated rings. The van der Waals surface area contributed by atoms with Crippen LogP contribution in [0.1, 0.15) is 28.6 Å². The van der Waals surface area contributed by atoms with Crippen molar-refractivity contribution < 1.29 is 34.0 Å². The Kier molecular flexibility index (Phi) is 6.22. The number of benzene rings is 2. The summed E-state index contributed by atoms with van der Waals surface area (Å²) in [5.74, 6) is 1.04. The molecule has 7 heteroatoms. The average Bonchev–Trinajstić information content (AvgIpc) is 3.23. The van der Waals surface area contributed by atoms with E-state index in [4.69, 9.17) is 9.15 Å². The highest BCUT2D eigenvalue weighted by Gasteiger charge is 2.43. The summed E-state index contributed by atoms with van der Waals surface area (Å²) in [5.41, 5.74) is 3.35. The molecule has 1 aliphatic heterocycles. The molecule has 0 aliphatic carbocycles. The topological polar surface area (TPSA) is 103 Å². The quantitative estimate of drug-likeness (QED) is 0.498. The summed E-state index contributed by atoms with van der Waals surface area (Å²) in [5, 5.41) is 39.9. The van der Waals surface area contributed by atoms with E-state index in [9.17, 15) is 24.8 Å². The summed E-state index contributed by atoms with van der Waals surface area (Å²) in [4.78, 5) is 0. The van der Waals surface area contributed by atoms with E-state index in [0.29, 0.717) is 23.5 Å². The molecule has 0 spiro atoms. The van der Waals surface area contributed by atoms with E-state index in [0.717, 1.165) is 16.7 Å². The highest BCUT2D eigenvalue weighted by molar-refractivity contribution is 5.57. The molecule has 0 saturated carbocycles. The molecule has 1 aliphatic rings. The maximum absolute atomic E-state index is 13.1. The lowest BCUT2D eigenvalue weighted by molar-refractivity contribution is -0.231. The molecule has 5 atom stereocenters. The lowest BCUT2D eigenvalue weighted by Gasteiger charge is -2.40. The second kappa shape index (κ2) is 8.90. The maximum atomic E-state index is 13.1. The van der Waals surface area contributed by atoms with Gasteiger partial charge in [-0.25, -0.2) is 4.39 Å². The largest absolute Gasteiger partial charge is 0.461 e. The number of halogens is 1. The number of hydrogen-bond acceptors (Lipinski definition) is 6. The molecule has 4 N–H and O–H groups in total. The van der Waals surface area contributed by atoms with E-state index >= 15 is 0 Å². The highest BCUT2D eigenvalue weighted by Crippen LogP contribution is 2.34. The van der Waals surface area contributed by atoms with Crippen LogP contribution in [0.5, 0.6) is 0 Å². The summed E-state index contributed by atoms with van der Waals surface area (Å²) in [6.45, 7) is 1.48. The zero-order chi connectivity index (χ0) is 22.1. The number of aliphatic hydroxyl groups is 4. The first-order valence-electron chi connectivity index (χ1n) is 10.1. The van der Waals surface area contributed by atoms with Gasteiger partial charge in [-0.05, 0) is 60.0 Å². The van der Waals surface area contributed by atoms with Crippen LogP contribution in [0, 0.1) is 12.7 Å². The molecule has 2 heterocycles. The van der Waals surface area contributed by atoms with Crippen molar-refractivity contribution in [1.29, 1.82) is 0 Å². The Hall–Kier alpha value is -2.55. The van der Waals surface area contributed by atoms with Crippen LogP contribution >= 0.6 is 0 Å². The molecule has 31 heavy (non-hydrogen) atoms. The van der Waals surface area contributed by atoms with Crippen LogP contribution in [0.3, 0.4) is 0 Å². The minimum absolute atomic E-state index is 0.309. The standard InChI is InChI=1S/C24H25FO6/c1-13-2-3-15(24-23(29)22(28)21(27)20(12-26)31-24)10-16(13)11-18-8-9-19(30-18)14-4-6-17(25)7-5-14/h2-10,20-24,26-29H,11-12H2,1H3/t20-,21-,22+,23-,24+/m1/s1. The third kappa shape index (κ3) is 4.42. The Morgan fingerprint density at radius 1 is 0.903 bits per heavy atom. The van der Waals surface area contributed by atoms with Crippen LogP contribution in [0.4, 0.5) is 4.39 Å². The fourth-order valence-corrected chi connectivity index (χ4v) is 3.87. The van der Waals surface area contributed by atoms with Crippen LogP contribution in [0.25, 0.3) is 11.3 Å². The number of aryl methyl sites for hydroxylation is 1. The number of furan rings is 1. The minimum Gasteiger partial charge on any atom is -0.461 e. The molecule has 2 aromatic carbocycles. The number of rotatable bonds is 5. The van der Waals surface area contributed by atoms with Crippen molar-refractivity contribution in [2.24, 2.45) is 0 Å². The van der Waals surface area contributed by atoms with Crippen LogP contribution in [0.2, 0.25) is 0 Å². The third-order valence-electron chi connectivity index (χ3n) is 5.75. The summed E-state index contributed by atoms with van der Waals surface area (Å²) < 4.78 is 24.7. The predicted octanol–water partition coefficient (Wildman–Crippen LogP) is 2.50. The third-order valence-corrected chi connectivity index (χ3v) is 5.75. The summed E-state index contributed by atoms with van der Waals surface area (Å²) in [6, 6.07) is 15.3. The normalized spacial score (nSPS) is 26.2. The van der Waals surface area contributed by atoms with Gasteiger partial charge in [-0.15, -0.1) is 0 Å². The molecule has 3 aromatic rings. The Balaban J connectivity index is 1.57. The van der Waals surface area contributed by atoms with Crippen LogP contribution in [0.15, 0.2) is 59.0 Å².